The molecule has 0 unspecified atom stereocenters. The molecule has 0 fully saturated rings. The number of ether oxygens (including phenoxy) is 1. The molecule has 0 aliphatic heterocycles. The highest BCUT2D eigenvalue weighted by molar-refractivity contribution is 5.57. The van der Waals surface area contributed by atoms with Gasteiger partial charge >= 0.3 is 0 Å². The molecule has 0 saturated carbocycles. The summed E-state index contributed by atoms with van der Waals surface area (Å²) in [5.41, 5.74) is 2.57. The largest absolute Gasteiger partial charge is 0.491 e. The zero-order chi connectivity index (χ0) is 14.8. The van der Waals surface area contributed by atoms with Gasteiger partial charge in [0.2, 0.25) is 0 Å². The van der Waals surface area contributed by atoms with Crippen LogP contribution in [0, 0.1) is 31.6 Å². The molecule has 0 heterocycles. The van der Waals surface area contributed by atoms with E-state index >= 15 is 0 Å². The lowest BCUT2D eigenvalue weighted by molar-refractivity contribution is 0.303. The van der Waals surface area contributed by atoms with Gasteiger partial charge in [-0.2, -0.15) is 0 Å². The number of hydrogen-bond acceptors (Lipinski definition) is 1. The van der Waals surface area contributed by atoms with Crippen molar-refractivity contribution in [1.82, 2.24) is 0 Å². The molecule has 0 aliphatic rings. The molecule has 1 aromatic carbocycles. The third kappa shape index (κ3) is 5.02. The third-order valence-corrected chi connectivity index (χ3v) is 3.29. The molecule has 0 aliphatic carbocycles. The van der Waals surface area contributed by atoms with E-state index in [1.165, 1.54) is 32.1 Å². The third-order valence-electron chi connectivity index (χ3n) is 3.29. The van der Waals surface area contributed by atoms with Crippen molar-refractivity contribution in [2.24, 2.45) is 0 Å². The molecule has 106 valence electrons. The molecular weight excluding hydrogens is 244 g/mol. The minimum absolute atomic E-state index is 0.679. The average molecular weight is 268 g/mol. The van der Waals surface area contributed by atoms with Crippen molar-refractivity contribution in [3.63, 3.8) is 0 Å². The minimum Gasteiger partial charge on any atom is -0.491 e. The normalized spacial score (nSPS) is 9.80. The Hall–Kier alpha value is -1.86. The Labute approximate surface area is 123 Å². The number of aryl methyl sites for hydroxylation is 1. The molecule has 20 heavy (non-hydrogen) atoms. The molecule has 0 spiro atoms. The van der Waals surface area contributed by atoms with Gasteiger partial charge in [-0.05, 0) is 31.0 Å². The van der Waals surface area contributed by atoms with Gasteiger partial charge in [-0.1, -0.05) is 50.9 Å². The van der Waals surface area contributed by atoms with Gasteiger partial charge in [0, 0.05) is 0 Å². The first-order chi connectivity index (χ1) is 9.72. The summed E-state index contributed by atoms with van der Waals surface area (Å²) in [5.74, 6) is 6.01. The summed E-state index contributed by atoms with van der Waals surface area (Å²) in [5, 5.41) is 0. The van der Waals surface area contributed by atoms with E-state index in [0.29, 0.717) is 12.4 Å². The van der Waals surface area contributed by atoms with Crippen LogP contribution in [0.1, 0.15) is 62.1 Å². The molecule has 0 radical (unpaired) electrons. The lowest BCUT2D eigenvalue weighted by atomic mass is 10.1. The van der Waals surface area contributed by atoms with Crippen molar-refractivity contribution in [3.8, 4) is 30.4 Å². The SMILES string of the molecule is C#Cc1cc(C)cc(C#C)c1OCCCCCCCC. The van der Waals surface area contributed by atoms with Crippen LogP contribution >= 0.6 is 0 Å². The van der Waals surface area contributed by atoms with Crippen molar-refractivity contribution >= 4 is 0 Å². The number of terminal acetylenes is 2. The number of hydrogen-bond donors (Lipinski definition) is 0. The molecule has 0 N–H and O–H groups in total. The van der Waals surface area contributed by atoms with Gasteiger partial charge in [-0.15, -0.1) is 12.8 Å². The number of unbranched alkanes of at least 4 members (excludes halogenated alkanes) is 5. The van der Waals surface area contributed by atoms with E-state index in [0.717, 1.165) is 23.1 Å². The first-order valence-electron chi connectivity index (χ1n) is 7.43. The lowest BCUT2D eigenvalue weighted by Crippen LogP contribution is -2.02. The van der Waals surface area contributed by atoms with Crippen LogP contribution in [0.4, 0.5) is 0 Å². The van der Waals surface area contributed by atoms with Crippen molar-refractivity contribution < 1.29 is 4.74 Å². The fraction of sp³-hybridized carbons (Fsp3) is 0.474. The van der Waals surface area contributed by atoms with Crippen LogP contribution in [-0.4, -0.2) is 6.61 Å². The van der Waals surface area contributed by atoms with Crippen LogP contribution in [0.15, 0.2) is 12.1 Å². The topological polar surface area (TPSA) is 9.23 Å². The Bertz CT molecular complexity index is 464. The highest BCUT2D eigenvalue weighted by atomic mass is 16.5. The first kappa shape index (κ1) is 16.2. The van der Waals surface area contributed by atoms with Crippen LogP contribution < -0.4 is 4.74 Å². The van der Waals surface area contributed by atoms with Crippen LogP contribution in [0.3, 0.4) is 0 Å². The van der Waals surface area contributed by atoms with Gasteiger partial charge in [0.05, 0.1) is 17.7 Å². The van der Waals surface area contributed by atoms with Crippen LogP contribution in [0.2, 0.25) is 0 Å². The average Bonchev–Trinajstić information content (AvgIpc) is 2.46. The highest BCUT2D eigenvalue weighted by Gasteiger charge is 2.08. The van der Waals surface area contributed by atoms with E-state index in [4.69, 9.17) is 17.6 Å². The van der Waals surface area contributed by atoms with Gasteiger partial charge in [0.25, 0.3) is 0 Å². The second-order valence-electron chi connectivity index (χ2n) is 5.09. The fourth-order valence-corrected chi connectivity index (χ4v) is 2.20. The Morgan fingerprint density at radius 3 is 2.05 bits per heavy atom. The van der Waals surface area contributed by atoms with Crippen LogP contribution in [0.25, 0.3) is 0 Å². The standard InChI is InChI=1S/C19H24O/c1-5-8-9-10-11-12-13-20-19-17(6-2)14-16(4)15-18(19)7-3/h2-3,14-15H,5,8-13H2,1,4H3. The molecule has 0 bridgehead atoms. The molecule has 0 amide bonds. The maximum absolute atomic E-state index is 5.83. The zero-order valence-electron chi connectivity index (χ0n) is 12.7. The van der Waals surface area contributed by atoms with Gasteiger partial charge < -0.3 is 4.74 Å². The molecule has 1 rings (SSSR count). The summed E-state index contributed by atoms with van der Waals surface area (Å²) in [4.78, 5) is 0. The summed E-state index contributed by atoms with van der Waals surface area (Å²) in [7, 11) is 0. The Morgan fingerprint density at radius 1 is 0.950 bits per heavy atom. The smallest absolute Gasteiger partial charge is 0.150 e. The minimum atomic E-state index is 0.679. The van der Waals surface area contributed by atoms with Gasteiger partial charge in [-0.3, -0.25) is 0 Å². The predicted molar refractivity (Wildman–Crippen MR) is 85.9 cm³/mol. The van der Waals surface area contributed by atoms with E-state index in [9.17, 15) is 0 Å². The fourth-order valence-electron chi connectivity index (χ4n) is 2.20. The second-order valence-corrected chi connectivity index (χ2v) is 5.09. The highest BCUT2D eigenvalue weighted by Crippen LogP contribution is 2.25. The summed E-state index contributed by atoms with van der Waals surface area (Å²) in [6.45, 7) is 4.89. The van der Waals surface area contributed by atoms with Crippen molar-refractivity contribution in [1.29, 1.82) is 0 Å². The number of benzene rings is 1. The molecule has 0 saturated heterocycles. The first-order valence-corrected chi connectivity index (χ1v) is 7.43. The molecular formula is C19H24O. The summed E-state index contributed by atoms with van der Waals surface area (Å²) < 4.78 is 5.83. The molecule has 0 aromatic heterocycles. The second kappa shape index (κ2) is 9.11. The molecule has 1 nitrogen and oxygen atoms in total. The Balaban J connectivity index is 2.52. The quantitative estimate of drug-likeness (QED) is 0.490. The van der Waals surface area contributed by atoms with E-state index in [2.05, 4.69) is 18.8 Å². The maximum Gasteiger partial charge on any atom is 0.150 e. The molecule has 1 heteroatoms. The molecule has 0 atom stereocenters. The van der Waals surface area contributed by atoms with E-state index in [-0.39, 0.29) is 0 Å². The summed E-state index contributed by atoms with van der Waals surface area (Å²) >= 11 is 0. The van der Waals surface area contributed by atoms with Gasteiger partial charge in [-0.25, -0.2) is 0 Å². The van der Waals surface area contributed by atoms with Crippen molar-refractivity contribution in [3.05, 3.63) is 28.8 Å². The van der Waals surface area contributed by atoms with E-state index in [1.807, 2.05) is 19.1 Å². The van der Waals surface area contributed by atoms with Crippen LogP contribution in [-0.2, 0) is 0 Å². The lowest BCUT2D eigenvalue weighted by Gasteiger charge is -2.11. The van der Waals surface area contributed by atoms with Crippen molar-refractivity contribution in [2.75, 3.05) is 6.61 Å². The van der Waals surface area contributed by atoms with Gasteiger partial charge in [0.1, 0.15) is 0 Å². The monoisotopic (exact) mass is 268 g/mol. The zero-order valence-corrected chi connectivity index (χ0v) is 12.7. The molecule has 1 aromatic rings. The van der Waals surface area contributed by atoms with Crippen LogP contribution in [0.5, 0.6) is 5.75 Å². The Morgan fingerprint density at radius 2 is 1.50 bits per heavy atom. The number of rotatable bonds is 8. The van der Waals surface area contributed by atoms with E-state index < -0.39 is 0 Å². The summed E-state index contributed by atoms with van der Waals surface area (Å²) in [6.07, 6.45) is 18.5. The van der Waals surface area contributed by atoms with Gasteiger partial charge in [0.15, 0.2) is 5.75 Å². The summed E-state index contributed by atoms with van der Waals surface area (Å²) in [6, 6.07) is 3.88. The predicted octanol–water partition coefficient (Wildman–Crippen LogP) is 4.70. The maximum atomic E-state index is 5.83. The van der Waals surface area contributed by atoms with E-state index in [1.54, 1.807) is 0 Å². The Kier molecular flexibility index (Phi) is 7.38. The van der Waals surface area contributed by atoms with Crippen molar-refractivity contribution in [2.45, 2.75) is 52.4 Å².